The molecule has 0 atom stereocenters. The molecule has 5 amide bonds. The van der Waals surface area contributed by atoms with Crippen molar-refractivity contribution in [1.82, 2.24) is 92.6 Å². The summed E-state index contributed by atoms with van der Waals surface area (Å²) in [5, 5.41) is 17.8. The molecule has 0 spiro atoms. The van der Waals surface area contributed by atoms with Crippen molar-refractivity contribution in [3.63, 3.8) is 0 Å². The lowest BCUT2D eigenvalue weighted by molar-refractivity contribution is -0.112. The first kappa shape index (κ1) is 83.5. The summed E-state index contributed by atoms with van der Waals surface area (Å²) in [4.78, 5) is 126. The van der Waals surface area contributed by atoms with Crippen LogP contribution in [0.4, 0.5) is 45.9 Å². The Labute approximate surface area is 706 Å². The largest absolute Gasteiger partial charge is 0.356 e. The summed E-state index contributed by atoms with van der Waals surface area (Å²) >= 11 is 5.02. The summed E-state index contributed by atoms with van der Waals surface area (Å²) < 4.78 is 10.2. The number of carbonyl (C=O) groups is 5. The third kappa shape index (κ3) is 20.3. The number of anilines is 8. The molecule has 121 heavy (non-hydrogen) atoms. The number of nitrogens with one attached hydrogen (secondary N) is 5. The van der Waals surface area contributed by atoms with Crippen molar-refractivity contribution in [2.24, 2.45) is 0 Å². The maximum absolute atomic E-state index is 11.5. The molecule has 0 aliphatic carbocycles. The Bertz CT molecular complexity index is 6160. The molecular weight excluding hydrogens is 1620 g/mol. The van der Waals surface area contributed by atoms with Crippen LogP contribution < -0.4 is 41.3 Å². The molecular formula is C87H82BrN27O5S. The molecule has 17 rings (SSSR count). The topological polar surface area (TPSA) is 360 Å². The first-order valence-corrected chi connectivity index (χ1v) is 39.7. The van der Waals surface area contributed by atoms with Crippen molar-refractivity contribution >= 4 is 158 Å². The van der Waals surface area contributed by atoms with Crippen LogP contribution in [-0.2, 0) is 24.0 Å². The molecule has 12 heterocycles. The maximum Gasteiger partial charge on any atom is 0.247 e. The summed E-state index contributed by atoms with van der Waals surface area (Å²) in [5.74, 6) is 3.94. The second-order valence-electron chi connectivity index (χ2n) is 27.0. The lowest BCUT2D eigenvalue weighted by Gasteiger charge is -2.22. The van der Waals surface area contributed by atoms with Crippen molar-refractivity contribution < 1.29 is 24.0 Å². The number of hydrogen-bond acceptors (Lipinski definition) is 23. The van der Waals surface area contributed by atoms with Gasteiger partial charge in [-0.3, -0.25) is 71.7 Å². The smallest absolute Gasteiger partial charge is 0.247 e. The van der Waals surface area contributed by atoms with Gasteiger partial charge in [0, 0.05) is 89.3 Å². The summed E-state index contributed by atoms with van der Waals surface area (Å²) in [5.41, 5.74) is 14.4. The number of imidazole rings is 5. The van der Waals surface area contributed by atoms with Gasteiger partial charge in [0.15, 0.2) is 23.3 Å². The molecule has 11 aromatic heterocycles. The van der Waals surface area contributed by atoms with Crippen molar-refractivity contribution in [1.29, 1.82) is 0 Å². The lowest BCUT2D eigenvalue weighted by atomic mass is 10.2. The van der Waals surface area contributed by atoms with Gasteiger partial charge in [0.2, 0.25) is 29.5 Å². The Balaban J connectivity index is 0.000000131. The van der Waals surface area contributed by atoms with Gasteiger partial charge in [0.05, 0.1) is 122 Å². The Morgan fingerprint density at radius 3 is 1.16 bits per heavy atom. The van der Waals surface area contributed by atoms with Crippen LogP contribution in [0.15, 0.2) is 275 Å². The van der Waals surface area contributed by atoms with Gasteiger partial charge in [-0.05, 0) is 195 Å². The molecule has 0 saturated carbocycles. The fraction of sp³-hybridized carbons (Fsp3) is 0.138. The molecule has 0 unspecified atom stereocenters. The van der Waals surface area contributed by atoms with E-state index in [0.29, 0.717) is 57.8 Å². The second-order valence-corrected chi connectivity index (χ2v) is 28.7. The first-order valence-electron chi connectivity index (χ1n) is 38.0. The van der Waals surface area contributed by atoms with E-state index in [4.69, 9.17) is 9.97 Å². The number of fused-ring (bicyclic) bond motifs is 5. The van der Waals surface area contributed by atoms with Crippen molar-refractivity contribution in [3.8, 4) is 40.2 Å². The molecule has 0 radical (unpaired) electrons. The highest BCUT2D eigenvalue weighted by molar-refractivity contribution is 9.10. The van der Waals surface area contributed by atoms with E-state index < -0.39 is 0 Å². The Morgan fingerprint density at radius 1 is 0.430 bits per heavy atom. The molecule has 34 heteroatoms. The minimum absolute atomic E-state index is 0.246. The zero-order chi connectivity index (χ0) is 85.1. The number of amides is 5. The molecule has 1 fully saturated rings. The third-order valence-electron chi connectivity index (χ3n) is 18.9. The van der Waals surface area contributed by atoms with Gasteiger partial charge in [-0.25, -0.2) is 44.9 Å². The van der Waals surface area contributed by atoms with Crippen LogP contribution in [0, 0.1) is 0 Å². The number of benzene rings is 5. The van der Waals surface area contributed by atoms with Crippen LogP contribution >= 0.6 is 27.3 Å². The Hall–Kier alpha value is -15.5. The molecule has 608 valence electrons. The molecule has 1 aliphatic rings. The van der Waals surface area contributed by atoms with Crippen LogP contribution in [0.3, 0.4) is 0 Å². The lowest BCUT2D eigenvalue weighted by Crippen LogP contribution is -2.26. The van der Waals surface area contributed by atoms with Gasteiger partial charge < -0.3 is 41.3 Å². The predicted molar refractivity (Wildman–Crippen MR) is 479 cm³/mol. The van der Waals surface area contributed by atoms with E-state index in [-0.39, 0.29) is 29.5 Å². The molecule has 5 aromatic carbocycles. The van der Waals surface area contributed by atoms with Gasteiger partial charge >= 0.3 is 0 Å². The minimum atomic E-state index is -0.260. The number of pyridine rings is 1. The molecule has 16 aromatic rings. The molecule has 1 aliphatic heterocycles. The molecule has 0 bridgehead atoms. The zero-order valence-electron chi connectivity index (χ0n) is 66.5. The van der Waals surface area contributed by atoms with Crippen molar-refractivity contribution in [3.05, 3.63) is 275 Å². The van der Waals surface area contributed by atoms with Crippen LogP contribution in [0.2, 0.25) is 0 Å². The van der Waals surface area contributed by atoms with Gasteiger partial charge in [-0.2, -0.15) is 11.3 Å². The Morgan fingerprint density at radius 2 is 0.777 bits per heavy atom. The number of nitrogens with zero attached hydrogens (tertiary/aromatic N) is 22. The minimum Gasteiger partial charge on any atom is -0.356 e. The fourth-order valence-corrected chi connectivity index (χ4v) is 13.5. The molecule has 5 N–H and O–H groups in total. The standard InChI is InChI=1S/C18H18N6O.2C18H20N6O.C18H13N5OS.C15H11BrN4O/c1-2-18(25)21-13-5-6-14-15(9-13)24(12-20-14)17-11-19-10-16(22-17)23-7-3-4-8-23;1-5-18(25)21-13-6-7-14-15(8-13)24(11-20-14)17-10-19-9-16(22-17)23(4)12(2)3;1-4-18(25)21-13-7-8-14-15(9-13)24(12-20-14)17-11-19-10-16(22-17)23(5-2)6-3;1-2-18(24)21-13-3-4-14-16(7-13)23(11-20-14)17-9-19-8-15(22-17)12-5-6-25-10-12;1-2-15(21)19-11-3-4-13-14(6-11)20(9-18-13)12-5-10(16)7-17-8-12/h2,5-6,9-12H,1,3-4,7-8H2,(H,21,25);5-12H,1H2,2-4H3,(H,21,25);4,7-12H,1,5-6H2,2-3H3,(H,21,25);2-11H,1H2,(H,21,24);2-9H,1H2,(H,19,21). The van der Waals surface area contributed by atoms with Crippen molar-refractivity contribution in [2.45, 2.75) is 46.6 Å². The van der Waals surface area contributed by atoms with E-state index in [1.807, 2.05) is 124 Å². The normalized spacial score (nSPS) is 11.4. The first-order chi connectivity index (χ1) is 58.8. The highest BCUT2D eigenvalue weighted by atomic mass is 79.9. The van der Waals surface area contributed by atoms with Crippen LogP contribution in [0.5, 0.6) is 0 Å². The average molecular weight is 1700 g/mol. The quantitative estimate of drug-likeness (QED) is 0.0393. The van der Waals surface area contributed by atoms with E-state index in [1.165, 1.54) is 43.2 Å². The third-order valence-corrected chi connectivity index (χ3v) is 20.0. The van der Waals surface area contributed by atoms with E-state index in [0.717, 1.165) is 120 Å². The van der Waals surface area contributed by atoms with Gasteiger partial charge in [-0.15, -0.1) is 0 Å². The maximum atomic E-state index is 11.5. The van der Waals surface area contributed by atoms with E-state index in [1.54, 1.807) is 129 Å². The summed E-state index contributed by atoms with van der Waals surface area (Å²) in [6.07, 6.45) is 34.4. The number of thiophene rings is 1. The number of rotatable bonds is 22. The van der Waals surface area contributed by atoms with Crippen molar-refractivity contribution in [2.75, 3.05) is 74.5 Å². The fourth-order valence-electron chi connectivity index (χ4n) is 12.5. The Kier molecular flexibility index (Phi) is 26.9. The second kappa shape index (κ2) is 39.0. The number of aromatic nitrogens is 19. The van der Waals surface area contributed by atoms with Gasteiger partial charge in [0.1, 0.15) is 49.1 Å². The van der Waals surface area contributed by atoms with Crippen LogP contribution in [0.1, 0.15) is 40.5 Å². The van der Waals surface area contributed by atoms with E-state index in [9.17, 15) is 24.0 Å². The van der Waals surface area contributed by atoms with Gasteiger partial charge in [-0.1, -0.05) is 32.9 Å². The number of halogens is 1. The summed E-state index contributed by atoms with van der Waals surface area (Å²) in [7, 11) is 1.98. The van der Waals surface area contributed by atoms with Gasteiger partial charge in [0.25, 0.3) is 0 Å². The molecule has 32 nitrogen and oxygen atoms in total. The highest BCUT2D eigenvalue weighted by Gasteiger charge is 2.19. The summed E-state index contributed by atoms with van der Waals surface area (Å²) in [6.45, 7) is 29.4. The zero-order valence-corrected chi connectivity index (χ0v) is 68.9. The van der Waals surface area contributed by atoms with Crippen LogP contribution in [-0.4, -0.2) is 161 Å². The van der Waals surface area contributed by atoms with E-state index >= 15 is 0 Å². The predicted octanol–water partition coefficient (Wildman–Crippen LogP) is 15.1. The SMILES string of the molecule is C=CC(=O)Nc1ccc2ncn(-c3cncc(-c4ccsc4)n3)c2c1.C=CC(=O)Nc1ccc2ncn(-c3cncc(Br)c3)c2c1.C=CC(=O)Nc1ccc2ncn(-c3cncc(N(C)C(C)C)n3)c2c1.C=CC(=O)Nc1ccc2ncn(-c3cncc(N(CC)CC)n3)c2c1.C=CC(=O)Nc1ccc2ncn(-c3cncc(N4CCCC4)n3)c2c1. The van der Waals surface area contributed by atoms with E-state index in [2.05, 4.69) is 173 Å². The average Bonchev–Trinajstić information content (AvgIpc) is 1.68. The highest BCUT2D eigenvalue weighted by Crippen LogP contribution is 2.30. The number of hydrogen-bond donors (Lipinski definition) is 5. The molecule has 1 saturated heterocycles. The van der Waals surface area contributed by atoms with Crippen LogP contribution in [0.25, 0.3) is 95.4 Å². The summed E-state index contributed by atoms with van der Waals surface area (Å²) in [6, 6.07) is 31.9. The monoisotopic (exact) mass is 1700 g/mol. The number of carbonyl (C=O) groups excluding carboxylic acids is 5.